The van der Waals surface area contributed by atoms with Crippen molar-refractivity contribution in [1.29, 1.82) is 0 Å². The van der Waals surface area contributed by atoms with Crippen LogP contribution in [-0.2, 0) is 17.8 Å². The lowest BCUT2D eigenvalue weighted by Gasteiger charge is -2.25. The zero-order chi connectivity index (χ0) is 12.3. The summed E-state index contributed by atoms with van der Waals surface area (Å²) in [5, 5.41) is 6.08. The summed E-state index contributed by atoms with van der Waals surface area (Å²) < 4.78 is 0.780. The molecule has 1 aliphatic rings. The van der Waals surface area contributed by atoms with Crippen LogP contribution in [-0.4, -0.2) is 18.5 Å². The molecule has 0 bridgehead atoms. The molecular formula is C13H15BrN2O. The second-order valence-electron chi connectivity index (χ2n) is 4.14. The summed E-state index contributed by atoms with van der Waals surface area (Å²) in [6.45, 7) is 4.91. The molecule has 0 saturated heterocycles. The first kappa shape index (κ1) is 12.3. The predicted octanol–water partition coefficient (Wildman–Crippen LogP) is 1.73. The third kappa shape index (κ3) is 3.17. The molecule has 1 atom stereocenters. The number of hydrogen-bond acceptors (Lipinski definition) is 2. The Morgan fingerprint density at radius 3 is 2.88 bits per heavy atom. The van der Waals surface area contributed by atoms with Crippen molar-refractivity contribution >= 4 is 21.8 Å². The van der Waals surface area contributed by atoms with Gasteiger partial charge in [0, 0.05) is 17.6 Å². The highest BCUT2D eigenvalue weighted by Gasteiger charge is 2.23. The van der Waals surface area contributed by atoms with Gasteiger partial charge >= 0.3 is 0 Å². The van der Waals surface area contributed by atoms with Crippen molar-refractivity contribution in [3.8, 4) is 0 Å². The molecule has 0 radical (unpaired) electrons. The van der Waals surface area contributed by atoms with Gasteiger partial charge in [0.1, 0.15) is 0 Å². The van der Waals surface area contributed by atoms with Crippen LogP contribution in [0.5, 0.6) is 0 Å². The number of carbonyl (C=O) groups is 1. The second-order valence-corrected chi connectivity index (χ2v) is 5.26. The van der Waals surface area contributed by atoms with Crippen LogP contribution in [0, 0.1) is 0 Å². The van der Waals surface area contributed by atoms with E-state index in [0.29, 0.717) is 6.54 Å². The van der Waals surface area contributed by atoms with Gasteiger partial charge < -0.3 is 10.6 Å². The molecule has 1 aromatic rings. The zero-order valence-corrected chi connectivity index (χ0v) is 11.1. The van der Waals surface area contributed by atoms with E-state index in [9.17, 15) is 4.79 Å². The van der Waals surface area contributed by atoms with E-state index in [1.807, 2.05) is 12.1 Å². The fourth-order valence-electron chi connectivity index (χ4n) is 1.95. The Morgan fingerprint density at radius 1 is 1.47 bits per heavy atom. The number of rotatable bonds is 3. The molecule has 4 heteroatoms. The van der Waals surface area contributed by atoms with E-state index in [2.05, 4.69) is 45.3 Å². The molecule has 90 valence electrons. The van der Waals surface area contributed by atoms with Crippen LogP contribution < -0.4 is 10.6 Å². The van der Waals surface area contributed by atoms with Crippen LogP contribution in [0.1, 0.15) is 11.1 Å². The van der Waals surface area contributed by atoms with Crippen molar-refractivity contribution in [3.05, 3.63) is 46.5 Å². The third-order valence-electron chi connectivity index (χ3n) is 2.85. The number of amides is 1. The maximum Gasteiger partial charge on any atom is 0.237 e. The summed E-state index contributed by atoms with van der Waals surface area (Å²) in [5.41, 5.74) is 2.53. The molecule has 2 N–H and O–H groups in total. The van der Waals surface area contributed by atoms with E-state index >= 15 is 0 Å². The Bertz CT molecular complexity index is 445. The van der Waals surface area contributed by atoms with Crippen LogP contribution >= 0.6 is 15.9 Å². The van der Waals surface area contributed by atoms with Crippen molar-refractivity contribution < 1.29 is 4.79 Å². The van der Waals surface area contributed by atoms with Crippen LogP contribution in [0.4, 0.5) is 0 Å². The topological polar surface area (TPSA) is 41.1 Å². The molecule has 0 spiro atoms. The number of halogens is 1. The van der Waals surface area contributed by atoms with E-state index in [4.69, 9.17) is 0 Å². The smallest absolute Gasteiger partial charge is 0.237 e. The van der Waals surface area contributed by atoms with Gasteiger partial charge in [0.2, 0.25) is 5.91 Å². The van der Waals surface area contributed by atoms with E-state index in [-0.39, 0.29) is 11.9 Å². The fraction of sp³-hybridized carbons (Fsp3) is 0.308. The van der Waals surface area contributed by atoms with Crippen LogP contribution in [0.3, 0.4) is 0 Å². The van der Waals surface area contributed by atoms with Crippen LogP contribution in [0.2, 0.25) is 0 Å². The van der Waals surface area contributed by atoms with Gasteiger partial charge in [-0.05, 0) is 17.5 Å². The summed E-state index contributed by atoms with van der Waals surface area (Å²) >= 11 is 3.22. The normalized spacial score (nSPS) is 18.3. The molecule has 3 nitrogen and oxygen atoms in total. The molecule has 0 fully saturated rings. The number of fused-ring (bicyclic) bond motifs is 1. The van der Waals surface area contributed by atoms with Gasteiger partial charge in [0.15, 0.2) is 0 Å². The Labute approximate surface area is 109 Å². The summed E-state index contributed by atoms with van der Waals surface area (Å²) in [7, 11) is 0. The number of hydrogen-bond donors (Lipinski definition) is 2. The maximum absolute atomic E-state index is 11.9. The Balaban J connectivity index is 1.97. The molecule has 2 rings (SSSR count). The highest BCUT2D eigenvalue weighted by molar-refractivity contribution is 9.11. The van der Waals surface area contributed by atoms with Crippen LogP contribution in [0.25, 0.3) is 0 Å². The van der Waals surface area contributed by atoms with Crippen molar-refractivity contribution in [2.45, 2.75) is 19.0 Å². The Kier molecular flexibility index (Phi) is 3.97. The third-order valence-corrected chi connectivity index (χ3v) is 3.13. The van der Waals surface area contributed by atoms with Gasteiger partial charge in [-0.3, -0.25) is 4.79 Å². The molecule has 0 saturated carbocycles. The largest absolute Gasteiger partial charge is 0.350 e. The molecule has 1 aromatic carbocycles. The SMILES string of the molecule is C=C(Br)CNC(=O)C1Cc2ccccc2CN1. The minimum Gasteiger partial charge on any atom is -0.350 e. The standard InChI is InChI=1S/C13H15BrN2O/c1-9(14)7-16-13(17)12-6-10-4-2-3-5-11(10)8-15-12/h2-5,12,15H,1,6-8H2,(H,16,17). The molecule has 1 amide bonds. The Morgan fingerprint density at radius 2 is 2.18 bits per heavy atom. The van der Waals surface area contributed by atoms with E-state index in [1.54, 1.807) is 0 Å². The first-order valence-electron chi connectivity index (χ1n) is 5.58. The average molecular weight is 295 g/mol. The van der Waals surface area contributed by atoms with Gasteiger partial charge in [0.05, 0.1) is 6.04 Å². The van der Waals surface area contributed by atoms with Gasteiger partial charge in [-0.1, -0.05) is 46.8 Å². The van der Waals surface area contributed by atoms with Gasteiger partial charge in [-0.15, -0.1) is 0 Å². The molecule has 0 aromatic heterocycles. The van der Waals surface area contributed by atoms with Gasteiger partial charge in [-0.25, -0.2) is 0 Å². The van der Waals surface area contributed by atoms with Crippen molar-refractivity contribution in [2.24, 2.45) is 0 Å². The average Bonchev–Trinajstić information content (AvgIpc) is 2.35. The minimum absolute atomic E-state index is 0.0279. The van der Waals surface area contributed by atoms with Gasteiger partial charge in [-0.2, -0.15) is 0 Å². The van der Waals surface area contributed by atoms with Crippen molar-refractivity contribution in [2.75, 3.05) is 6.54 Å². The summed E-state index contributed by atoms with van der Waals surface area (Å²) in [5.74, 6) is 0.0279. The lowest BCUT2D eigenvalue weighted by atomic mass is 9.95. The quantitative estimate of drug-likeness (QED) is 0.891. The molecule has 1 heterocycles. The first-order chi connectivity index (χ1) is 8.16. The van der Waals surface area contributed by atoms with E-state index in [1.165, 1.54) is 11.1 Å². The lowest BCUT2D eigenvalue weighted by Crippen LogP contribution is -2.47. The highest BCUT2D eigenvalue weighted by atomic mass is 79.9. The molecule has 1 unspecified atom stereocenters. The van der Waals surface area contributed by atoms with E-state index in [0.717, 1.165) is 17.4 Å². The fourth-order valence-corrected chi connectivity index (χ4v) is 2.09. The maximum atomic E-state index is 11.9. The number of carbonyl (C=O) groups excluding carboxylic acids is 1. The van der Waals surface area contributed by atoms with Crippen LogP contribution in [0.15, 0.2) is 35.3 Å². The summed E-state index contributed by atoms with van der Waals surface area (Å²) in [6, 6.07) is 8.07. The van der Waals surface area contributed by atoms with Gasteiger partial charge in [0.25, 0.3) is 0 Å². The number of nitrogens with one attached hydrogen (secondary N) is 2. The highest BCUT2D eigenvalue weighted by Crippen LogP contribution is 2.16. The zero-order valence-electron chi connectivity index (χ0n) is 9.50. The number of benzene rings is 1. The predicted molar refractivity (Wildman–Crippen MR) is 71.9 cm³/mol. The van der Waals surface area contributed by atoms with E-state index < -0.39 is 0 Å². The molecular weight excluding hydrogens is 280 g/mol. The lowest BCUT2D eigenvalue weighted by molar-refractivity contribution is -0.123. The molecule has 17 heavy (non-hydrogen) atoms. The Hall–Kier alpha value is -1.13. The monoisotopic (exact) mass is 294 g/mol. The minimum atomic E-state index is -0.142. The molecule has 0 aliphatic carbocycles. The second kappa shape index (κ2) is 5.47. The summed E-state index contributed by atoms with van der Waals surface area (Å²) in [6.07, 6.45) is 0.747. The van der Waals surface area contributed by atoms with Crippen molar-refractivity contribution in [3.63, 3.8) is 0 Å². The van der Waals surface area contributed by atoms with Crippen molar-refractivity contribution in [1.82, 2.24) is 10.6 Å². The summed E-state index contributed by atoms with van der Waals surface area (Å²) in [4.78, 5) is 11.9. The first-order valence-corrected chi connectivity index (χ1v) is 6.37. The molecule has 1 aliphatic heterocycles.